The Kier molecular flexibility index (Phi) is 3.45. The Hall–Kier alpha value is -0.970. The van der Waals surface area contributed by atoms with Gasteiger partial charge < -0.3 is 5.32 Å². The van der Waals surface area contributed by atoms with Crippen molar-refractivity contribution in [2.45, 2.75) is 16.0 Å². The molecule has 1 aliphatic heterocycles. The molecule has 0 radical (unpaired) electrons. The van der Waals surface area contributed by atoms with Crippen LogP contribution in [0.3, 0.4) is 0 Å². The molecule has 0 aliphatic carbocycles. The number of anilines is 1. The van der Waals surface area contributed by atoms with Crippen molar-refractivity contribution in [1.82, 2.24) is 4.31 Å². The van der Waals surface area contributed by atoms with Gasteiger partial charge >= 0.3 is 6.18 Å². The number of sulfonamides is 1. The van der Waals surface area contributed by atoms with E-state index in [9.17, 15) is 21.6 Å². The van der Waals surface area contributed by atoms with Gasteiger partial charge in [0.25, 0.3) is 0 Å². The van der Waals surface area contributed by atoms with E-state index < -0.39 is 26.7 Å². The summed E-state index contributed by atoms with van der Waals surface area (Å²) in [5.74, 6) is 0. The predicted molar refractivity (Wildman–Crippen MR) is 64.9 cm³/mol. The standard InChI is InChI=1S/C9H10F3N3O2S2/c1-15-4-14-6-2-5(9(10,11)12)8(19(13,16)17)3-7(6)18-15/h2-3,14H,4H2,1H3,(H2,13,16,17). The topological polar surface area (TPSA) is 75.4 Å². The number of nitrogens with one attached hydrogen (secondary N) is 1. The van der Waals surface area contributed by atoms with Gasteiger partial charge in [-0.05, 0) is 31.1 Å². The van der Waals surface area contributed by atoms with Gasteiger partial charge in [-0.15, -0.1) is 0 Å². The van der Waals surface area contributed by atoms with Crippen molar-refractivity contribution >= 4 is 27.7 Å². The van der Waals surface area contributed by atoms with Crippen LogP contribution in [0.15, 0.2) is 21.9 Å². The number of fused-ring (bicyclic) bond motifs is 1. The second-order valence-corrected chi connectivity index (χ2v) is 6.72. The molecular weight excluding hydrogens is 303 g/mol. The highest BCUT2D eigenvalue weighted by atomic mass is 32.2. The summed E-state index contributed by atoms with van der Waals surface area (Å²) in [6, 6.07) is 1.72. The molecule has 2 rings (SSSR count). The van der Waals surface area contributed by atoms with E-state index in [1.807, 2.05) is 0 Å². The van der Waals surface area contributed by atoms with Gasteiger partial charge in [0.05, 0.1) is 22.8 Å². The van der Waals surface area contributed by atoms with Gasteiger partial charge in [0.1, 0.15) is 0 Å². The molecule has 19 heavy (non-hydrogen) atoms. The minimum atomic E-state index is -4.79. The number of hydrogen-bond donors (Lipinski definition) is 2. The van der Waals surface area contributed by atoms with Crippen LogP contribution in [0.25, 0.3) is 0 Å². The van der Waals surface area contributed by atoms with Crippen molar-refractivity contribution in [1.29, 1.82) is 0 Å². The van der Waals surface area contributed by atoms with Crippen LogP contribution in [0.5, 0.6) is 0 Å². The van der Waals surface area contributed by atoms with E-state index in [4.69, 9.17) is 5.14 Å². The van der Waals surface area contributed by atoms with Crippen molar-refractivity contribution < 1.29 is 21.6 Å². The third-order valence-electron chi connectivity index (χ3n) is 2.44. The molecule has 0 bridgehead atoms. The molecule has 0 fully saturated rings. The van der Waals surface area contributed by atoms with Crippen LogP contribution in [0.4, 0.5) is 18.9 Å². The fourth-order valence-corrected chi connectivity index (χ4v) is 3.33. The van der Waals surface area contributed by atoms with Crippen molar-refractivity contribution in [3.8, 4) is 0 Å². The Labute approximate surface area is 112 Å². The number of benzene rings is 1. The van der Waals surface area contributed by atoms with E-state index in [0.717, 1.165) is 24.1 Å². The molecule has 0 saturated carbocycles. The van der Waals surface area contributed by atoms with E-state index in [-0.39, 0.29) is 5.69 Å². The number of halogens is 3. The van der Waals surface area contributed by atoms with Gasteiger partial charge in [-0.25, -0.2) is 17.9 Å². The normalized spacial score (nSPS) is 16.9. The molecule has 0 unspecified atom stereocenters. The monoisotopic (exact) mass is 313 g/mol. The Morgan fingerprint density at radius 2 is 2.05 bits per heavy atom. The number of rotatable bonds is 1. The molecule has 0 atom stereocenters. The lowest BCUT2D eigenvalue weighted by atomic mass is 10.2. The zero-order valence-electron chi connectivity index (χ0n) is 9.65. The molecule has 106 valence electrons. The Morgan fingerprint density at radius 3 is 2.58 bits per heavy atom. The van der Waals surface area contributed by atoms with Crippen LogP contribution >= 0.6 is 11.9 Å². The van der Waals surface area contributed by atoms with Crippen LogP contribution in [-0.2, 0) is 16.2 Å². The fourth-order valence-electron chi connectivity index (χ4n) is 1.63. The first-order valence-corrected chi connectivity index (χ1v) is 7.32. The maximum Gasteiger partial charge on any atom is 0.417 e. The zero-order valence-corrected chi connectivity index (χ0v) is 11.3. The van der Waals surface area contributed by atoms with Crippen molar-refractivity contribution in [3.63, 3.8) is 0 Å². The Bertz CT molecular complexity index is 616. The highest BCUT2D eigenvalue weighted by Gasteiger charge is 2.38. The molecule has 1 aliphatic rings. The van der Waals surface area contributed by atoms with E-state index in [1.165, 1.54) is 0 Å². The van der Waals surface area contributed by atoms with Gasteiger partial charge in [0, 0.05) is 4.90 Å². The van der Waals surface area contributed by atoms with E-state index in [1.54, 1.807) is 11.4 Å². The van der Waals surface area contributed by atoms with Crippen LogP contribution < -0.4 is 10.5 Å². The molecule has 5 nitrogen and oxygen atoms in total. The molecule has 1 heterocycles. The first-order chi connectivity index (χ1) is 8.59. The molecule has 0 spiro atoms. The number of alkyl halides is 3. The Balaban J connectivity index is 2.68. The lowest BCUT2D eigenvalue weighted by Gasteiger charge is -2.26. The first kappa shape index (κ1) is 14.4. The van der Waals surface area contributed by atoms with Gasteiger partial charge in [-0.1, -0.05) is 0 Å². The van der Waals surface area contributed by atoms with E-state index in [2.05, 4.69) is 5.32 Å². The summed E-state index contributed by atoms with van der Waals surface area (Å²) in [6.07, 6.45) is -4.79. The summed E-state index contributed by atoms with van der Waals surface area (Å²) < 4.78 is 62.9. The third kappa shape index (κ3) is 2.96. The molecule has 0 aromatic heterocycles. The van der Waals surface area contributed by atoms with E-state index in [0.29, 0.717) is 11.6 Å². The molecule has 10 heteroatoms. The molecule has 1 aromatic rings. The second kappa shape index (κ2) is 4.54. The molecule has 0 saturated heterocycles. The van der Waals surface area contributed by atoms with Crippen molar-refractivity contribution in [2.24, 2.45) is 5.14 Å². The lowest BCUT2D eigenvalue weighted by molar-refractivity contribution is -0.139. The number of nitrogens with zero attached hydrogens (tertiary/aromatic N) is 1. The van der Waals surface area contributed by atoms with Crippen LogP contribution in [-0.4, -0.2) is 26.4 Å². The first-order valence-electron chi connectivity index (χ1n) is 5.00. The maximum atomic E-state index is 12.9. The number of primary sulfonamides is 1. The summed E-state index contributed by atoms with van der Waals surface area (Å²) in [5, 5.41) is 7.62. The highest BCUT2D eigenvalue weighted by Crippen LogP contribution is 2.41. The van der Waals surface area contributed by atoms with Crippen LogP contribution in [0.2, 0.25) is 0 Å². The molecule has 3 N–H and O–H groups in total. The number of hydrogen-bond acceptors (Lipinski definition) is 5. The average Bonchev–Trinajstić information content (AvgIpc) is 2.24. The zero-order chi connectivity index (χ0) is 14.4. The predicted octanol–water partition coefficient (Wildman–Crippen LogP) is 1.67. The summed E-state index contributed by atoms with van der Waals surface area (Å²) in [7, 11) is -2.73. The third-order valence-corrected chi connectivity index (χ3v) is 4.37. The molecular formula is C9H10F3N3O2S2. The smallest absolute Gasteiger partial charge is 0.371 e. The van der Waals surface area contributed by atoms with Crippen molar-refractivity contribution in [2.75, 3.05) is 19.0 Å². The average molecular weight is 313 g/mol. The quantitative estimate of drug-likeness (QED) is 0.772. The summed E-state index contributed by atoms with van der Waals surface area (Å²) in [4.78, 5) is -0.533. The number of nitrogens with two attached hydrogens (primary N) is 1. The van der Waals surface area contributed by atoms with E-state index >= 15 is 0 Å². The Morgan fingerprint density at radius 1 is 1.42 bits per heavy atom. The van der Waals surface area contributed by atoms with Gasteiger partial charge in [0.15, 0.2) is 0 Å². The summed E-state index contributed by atoms with van der Waals surface area (Å²) in [6.45, 7) is 0.351. The van der Waals surface area contributed by atoms with Crippen LogP contribution in [0.1, 0.15) is 5.56 Å². The van der Waals surface area contributed by atoms with Crippen LogP contribution in [0, 0.1) is 0 Å². The summed E-state index contributed by atoms with van der Waals surface area (Å²) >= 11 is 1.14. The maximum absolute atomic E-state index is 12.9. The van der Waals surface area contributed by atoms with Gasteiger partial charge in [0.2, 0.25) is 10.0 Å². The molecule has 0 amide bonds. The SMILES string of the molecule is CN1CNc2cc(C(F)(F)F)c(S(N)(=O)=O)cc2S1. The summed E-state index contributed by atoms with van der Waals surface area (Å²) in [5.41, 5.74) is -1.02. The second-order valence-electron chi connectivity index (χ2n) is 3.94. The van der Waals surface area contributed by atoms with Crippen molar-refractivity contribution in [3.05, 3.63) is 17.7 Å². The van der Waals surface area contributed by atoms with Gasteiger partial charge in [-0.3, -0.25) is 0 Å². The molecule has 1 aromatic carbocycles. The van der Waals surface area contributed by atoms with Gasteiger partial charge in [-0.2, -0.15) is 13.2 Å². The fraction of sp³-hybridized carbons (Fsp3) is 0.333. The minimum Gasteiger partial charge on any atom is -0.371 e. The highest BCUT2D eigenvalue weighted by molar-refractivity contribution is 7.97. The minimum absolute atomic E-state index is 0.239. The lowest BCUT2D eigenvalue weighted by Crippen LogP contribution is -2.25. The largest absolute Gasteiger partial charge is 0.417 e.